The molecule has 0 bridgehead atoms. The monoisotopic (exact) mass is 246 g/mol. The SMILES string of the molecule is CC(=O)Nc1cc(F)c(N)c(Br)c1. The summed E-state index contributed by atoms with van der Waals surface area (Å²) in [5, 5.41) is 2.45. The zero-order chi connectivity index (χ0) is 10.0. The highest BCUT2D eigenvalue weighted by Crippen LogP contribution is 2.26. The summed E-state index contributed by atoms with van der Waals surface area (Å²) in [6.07, 6.45) is 0. The average molecular weight is 247 g/mol. The van der Waals surface area contributed by atoms with Gasteiger partial charge in [-0.15, -0.1) is 0 Å². The molecule has 0 spiro atoms. The number of nitrogens with two attached hydrogens (primary N) is 1. The first-order valence-electron chi connectivity index (χ1n) is 3.53. The molecular formula is C8H8BrFN2O. The van der Waals surface area contributed by atoms with E-state index < -0.39 is 5.82 Å². The average Bonchev–Trinajstić information content (AvgIpc) is 1.98. The van der Waals surface area contributed by atoms with Crippen molar-refractivity contribution in [3.8, 4) is 0 Å². The molecule has 1 aromatic rings. The van der Waals surface area contributed by atoms with E-state index in [1.165, 1.54) is 13.0 Å². The molecule has 1 rings (SSSR count). The number of hydrogen-bond acceptors (Lipinski definition) is 2. The predicted octanol–water partition coefficient (Wildman–Crippen LogP) is 2.13. The molecule has 5 heteroatoms. The lowest BCUT2D eigenvalue weighted by Crippen LogP contribution is -2.06. The molecule has 0 unspecified atom stereocenters. The molecule has 3 N–H and O–H groups in total. The van der Waals surface area contributed by atoms with Gasteiger partial charge in [-0.1, -0.05) is 0 Å². The van der Waals surface area contributed by atoms with Gasteiger partial charge in [0, 0.05) is 17.1 Å². The van der Waals surface area contributed by atoms with Gasteiger partial charge < -0.3 is 11.1 Å². The van der Waals surface area contributed by atoms with E-state index in [0.29, 0.717) is 10.2 Å². The fourth-order valence-corrected chi connectivity index (χ4v) is 1.30. The third-order valence-electron chi connectivity index (χ3n) is 1.40. The zero-order valence-electron chi connectivity index (χ0n) is 6.90. The van der Waals surface area contributed by atoms with Gasteiger partial charge in [0.15, 0.2) is 0 Å². The summed E-state index contributed by atoms with van der Waals surface area (Å²) in [7, 11) is 0. The number of rotatable bonds is 1. The molecule has 0 aliphatic carbocycles. The summed E-state index contributed by atoms with van der Waals surface area (Å²) in [5.74, 6) is -0.811. The molecular weight excluding hydrogens is 239 g/mol. The molecule has 1 aromatic carbocycles. The molecule has 1 amide bonds. The Morgan fingerprint density at radius 1 is 1.62 bits per heavy atom. The van der Waals surface area contributed by atoms with Crippen LogP contribution >= 0.6 is 15.9 Å². The summed E-state index contributed by atoms with van der Waals surface area (Å²) in [5.41, 5.74) is 5.76. The van der Waals surface area contributed by atoms with Crippen molar-refractivity contribution in [2.24, 2.45) is 0 Å². The van der Waals surface area contributed by atoms with Gasteiger partial charge in [0.25, 0.3) is 0 Å². The standard InChI is InChI=1S/C8H8BrFN2O/c1-4(13)12-5-2-6(9)8(11)7(10)3-5/h2-3H,11H2,1H3,(H,12,13). The minimum atomic E-state index is -0.557. The number of hydrogen-bond donors (Lipinski definition) is 2. The molecule has 0 aliphatic rings. The first-order chi connectivity index (χ1) is 6.00. The smallest absolute Gasteiger partial charge is 0.221 e. The number of benzene rings is 1. The van der Waals surface area contributed by atoms with Crippen LogP contribution in [0, 0.1) is 5.82 Å². The molecule has 13 heavy (non-hydrogen) atoms. The highest BCUT2D eigenvalue weighted by Gasteiger charge is 2.06. The molecule has 0 aliphatic heterocycles. The molecule has 70 valence electrons. The molecule has 0 saturated carbocycles. The van der Waals surface area contributed by atoms with Gasteiger partial charge in [0.05, 0.1) is 5.69 Å². The number of amides is 1. The molecule has 3 nitrogen and oxygen atoms in total. The van der Waals surface area contributed by atoms with Crippen molar-refractivity contribution < 1.29 is 9.18 Å². The number of nitrogen functional groups attached to an aromatic ring is 1. The van der Waals surface area contributed by atoms with E-state index >= 15 is 0 Å². The highest BCUT2D eigenvalue weighted by molar-refractivity contribution is 9.10. The van der Waals surface area contributed by atoms with Crippen molar-refractivity contribution in [1.29, 1.82) is 0 Å². The van der Waals surface area contributed by atoms with Crippen molar-refractivity contribution in [2.75, 3.05) is 11.1 Å². The zero-order valence-corrected chi connectivity index (χ0v) is 8.48. The number of halogens is 2. The van der Waals surface area contributed by atoms with Crippen LogP contribution in [0.3, 0.4) is 0 Å². The Bertz CT molecular complexity index is 331. The van der Waals surface area contributed by atoms with Crippen LogP contribution in [0.4, 0.5) is 15.8 Å². The van der Waals surface area contributed by atoms with E-state index in [1.807, 2.05) is 0 Å². The largest absolute Gasteiger partial charge is 0.395 e. The second-order valence-corrected chi connectivity index (χ2v) is 3.39. The molecule has 0 fully saturated rings. The lowest BCUT2D eigenvalue weighted by molar-refractivity contribution is -0.114. The Morgan fingerprint density at radius 2 is 2.23 bits per heavy atom. The van der Waals surface area contributed by atoms with Crippen LogP contribution < -0.4 is 11.1 Å². The van der Waals surface area contributed by atoms with Crippen molar-refractivity contribution >= 4 is 33.2 Å². The quantitative estimate of drug-likeness (QED) is 0.747. The maximum atomic E-state index is 13.0. The normalized spacial score (nSPS) is 9.77. The minimum Gasteiger partial charge on any atom is -0.395 e. The van der Waals surface area contributed by atoms with Crippen molar-refractivity contribution in [2.45, 2.75) is 6.92 Å². The van der Waals surface area contributed by atoms with Gasteiger partial charge in [-0.25, -0.2) is 4.39 Å². The van der Waals surface area contributed by atoms with Crippen LogP contribution in [-0.2, 0) is 4.79 Å². The Labute approximate surface area is 83.2 Å². The minimum absolute atomic E-state index is 0.0362. The number of carbonyl (C=O) groups excluding carboxylic acids is 1. The van der Waals surface area contributed by atoms with Gasteiger partial charge in [0.2, 0.25) is 5.91 Å². The van der Waals surface area contributed by atoms with Crippen LogP contribution in [0.5, 0.6) is 0 Å². The summed E-state index contributed by atoms with van der Waals surface area (Å²) in [4.78, 5) is 10.6. The van der Waals surface area contributed by atoms with Crippen LogP contribution in [0.2, 0.25) is 0 Å². The molecule has 0 saturated heterocycles. The van der Waals surface area contributed by atoms with Gasteiger partial charge >= 0.3 is 0 Å². The summed E-state index contributed by atoms with van der Waals surface area (Å²) in [6.45, 7) is 1.35. The first kappa shape index (κ1) is 9.98. The Kier molecular flexibility index (Phi) is 2.87. The van der Waals surface area contributed by atoms with Gasteiger partial charge in [-0.05, 0) is 28.1 Å². The lowest BCUT2D eigenvalue weighted by Gasteiger charge is -2.05. The fraction of sp³-hybridized carbons (Fsp3) is 0.125. The maximum Gasteiger partial charge on any atom is 0.221 e. The third kappa shape index (κ3) is 2.42. The summed E-state index contributed by atoms with van der Waals surface area (Å²) in [6, 6.07) is 2.71. The maximum absolute atomic E-state index is 13.0. The first-order valence-corrected chi connectivity index (χ1v) is 4.32. The Morgan fingerprint density at radius 3 is 2.69 bits per heavy atom. The van der Waals surface area contributed by atoms with E-state index in [4.69, 9.17) is 5.73 Å². The lowest BCUT2D eigenvalue weighted by atomic mass is 10.2. The van der Waals surface area contributed by atoms with E-state index in [0.717, 1.165) is 0 Å². The van der Waals surface area contributed by atoms with E-state index in [2.05, 4.69) is 21.2 Å². The molecule has 0 heterocycles. The van der Waals surface area contributed by atoms with Crippen LogP contribution in [0.15, 0.2) is 16.6 Å². The Hall–Kier alpha value is -1.10. The number of nitrogens with one attached hydrogen (secondary N) is 1. The number of anilines is 2. The summed E-state index contributed by atoms with van der Waals surface area (Å²) >= 11 is 3.07. The van der Waals surface area contributed by atoms with E-state index in [9.17, 15) is 9.18 Å². The molecule has 0 aromatic heterocycles. The van der Waals surface area contributed by atoms with Crippen molar-refractivity contribution in [3.63, 3.8) is 0 Å². The highest BCUT2D eigenvalue weighted by atomic mass is 79.9. The van der Waals surface area contributed by atoms with Crippen LogP contribution in [0.25, 0.3) is 0 Å². The third-order valence-corrected chi connectivity index (χ3v) is 2.06. The fourth-order valence-electron chi connectivity index (χ4n) is 0.860. The van der Waals surface area contributed by atoms with Gasteiger partial charge in [-0.3, -0.25) is 4.79 Å². The predicted molar refractivity (Wildman–Crippen MR) is 52.8 cm³/mol. The van der Waals surface area contributed by atoms with Crippen molar-refractivity contribution in [1.82, 2.24) is 0 Å². The second kappa shape index (κ2) is 3.74. The van der Waals surface area contributed by atoms with E-state index in [-0.39, 0.29) is 11.6 Å². The van der Waals surface area contributed by atoms with Gasteiger partial charge in [0.1, 0.15) is 5.82 Å². The van der Waals surface area contributed by atoms with E-state index in [1.54, 1.807) is 6.07 Å². The number of carbonyl (C=O) groups is 1. The second-order valence-electron chi connectivity index (χ2n) is 2.53. The van der Waals surface area contributed by atoms with Gasteiger partial charge in [-0.2, -0.15) is 0 Å². The van der Waals surface area contributed by atoms with Crippen molar-refractivity contribution in [3.05, 3.63) is 22.4 Å². The summed E-state index contributed by atoms with van der Waals surface area (Å²) < 4.78 is 13.4. The van der Waals surface area contributed by atoms with Crippen LogP contribution in [0.1, 0.15) is 6.92 Å². The topological polar surface area (TPSA) is 55.1 Å². The molecule has 0 atom stereocenters. The van der Waals surface area contributed by atoms with Crippen LogP contribution in [-0.4, -0.2) is 5.91 Å². The Balaban J connectivity index is 3.06. The molecule has 0 radical (unpaired) electrons.